The monoisotopic (exact) mass is 455 g/mol. The van der Waals surface area contributed by atoms with Crippen LogP contribution in [0.25, 0.3) is 11.3 Å². The summed E-state index contributed by atoms with van der Waals surface area (Å²) in [6.45, 7) is 6.77. The van der Waals surface area contributed by atoms with E-state index in [-0.39, 0.29) is 23.4 Å². The number of hydrogen-bond acceptors (Lipinski definition) is 5. The van der Waals surface area contributed by atoms with Crippen LogP contribution in [-0.2, 0) is 4.74 Å². The Labute approximate surface area is 191 Å². The number of amides is 1. The SMILES string of the molecule is CC(C)(C)OC(=O)N1CCC(n2cc(Nc3ccnc(-c4c(F)cccc4F)c3)cn2)CC1. The van der Waals surface area contributed by atoms with Gasteiger partial charge in [-0.1, -0.05) is 6.07 Å². The minimum atomic E-state index is -0.662. The molecule has 1 aliphatic rings. The van der Waals surface area contributed by atoms with E-state index in [0.717, 1.165) is 18.5 Å². The van der Waals surface area contributed by atoms with Crippen molar-refractivity contribution in [2.45, 2.75) is 45.3 Å². The first-order valence-corrected chi connectivity index (χ1v) is 10.9. The molecule has 1 fully saturated rings. The number of nitrogens with one attached hydrogen (secondary N) is 1. The van der Waals surface area contributed by atoms with Crippen LogP contribution < -0.4 is 5.32 Å². The second-order valence-corrected chi connectivity index (χ2v) is 9.06. The summed E-state index contributed by atoms with van der Waals surface area (Å²) in [5.41, 5.74) is 0.922. The van der Waals surface area contributed by atoms with Gasteiger partial charge in [0.1, 0.15) is 17.2 Å². The Kier molecular flexibility index (Phi) is 6.31. The molecule has 1 amide bonds. The topological polar surface area (TPSA) is 72.3 Å². The van der Waals surface area contributed by atoms with E-state index in [0.29, 0.717) is 18.8 Å². The maximum absolute atomic E-state index is 14.1. The van der Waals surface area contributed by atoms with Crippen LogP contribution in [0, 0.1) is 11.6 Å². The number of nitrogens with zero attached hydrogens (tertiary/aromatic N) is 4. The molecule has 0 spiro atoms. The Morgan fingerprint density at radius 1 is 1.12 bits per heavy atom. The number of ether oxygens (including phenoxy) is 1. The van der Waals surface area contributed by atoms with Gasteiger partial charge in [0.25, 0.3) is 0 Å². The number of aromatic nitrogens is 3. The summed E-state index contributed by atoms with van der Waals surface area (Å²) in [7, 11) is 0. The minimum absolute atomic E-state index is 0.159. The Morgan fingerprint density at radius 2 is 1.82 bits per heavy atom. The second-order valence-electron chi connectivity index (χ2n) is 9.06. The molecule has 33 heavy (non-hydrogen) atoms. The molecule has 9 heteroatoms. The summed E-state index contributed by atoms with van der Waals surface area (Å²) in [5.74, 6) is -1.32. The molecule has 3 heterocycles. The van der Waals surface area contributed by atoms with Crippen molar-refractivity contribution < 1.29 is 18.3 Å². The molecule has 3 aromatic rings. The van der Waals surface area contributed by atoms with Gasteiger partial charge in [-0.05, 0) is 57.9 Å². The molecule has 0 bridgehead atoms. The summed E-state index contributed by atoms with van der Waals surface area (Å²) in [6.07, 6.45) is 6.34. The first kappa shape index (κ1) is 22.7. The molecule has 0 aliphatic carbocycles. The van der Waals surface area contributed by atoms with Crippen molar-refractivity contribution in [2.24, 2.45) is 0 Å². The molecule has 1 saturated heterocycles. The summed E-state index contributed by atoms with van der Waals surface area (Å²) >= 11 is 0. The summed E-state index contributed by atoms with van der Waals surface area (Å²) in [4.78, 5) is 18.1. The zero-order chi connectivity index (χ0) is 23.6. The molecule has 4 rings (SSSR count). The van der Waals surface area contributed by atoms with Gasteiger partial charge < -0.3 is 15.0 Å². The molecule has 0 radical (unpaired) electrons. The van der Waals surface area contributed by atoms with E-state index in [1.807, 2.05) is 31.6 Å². The lowest BCUT2D eigenvalue weighted by Crippen LogP contribution is -2.42. The predicted octanol–water partition coefficient (Wildman–Crippen LogP) is 5.54. The van der Waals surface area contributed by atoms with Crippen LogP contribution in [0.2, 0.25) is 0 Å². The highest BCUT2D eigenvalue weighted by molar-refractivity contribution is 5.69. The Balaban J connectivity index is 1.40. The Hall–Kier alpha value is -3.49. The highest BCUT2D eigenvalue weighted by Crippen LogP contribution is 2.28. The highest BCUT2D eigenvalue weighted by atomic mass is 19.1. The first-order chi connectivity index (χ1) is 15.7. The van der Waals surface area contributed by atoms with Crippen molar-refractivity contribution in [1.29, 1.82) is 0 Å². The highest BCUT2D eigenvalue weighted by Gasteiger charge is 2.27. The lowest BCUT2D eigenvalue weighted by Gasteiger charge is -2.33. The number of carbonyl (C=O) groups excluding carboxylic acids is 1. The molecule has 2 aromatic heterocycles. The van der Waals surface area contributed by atoms with Crippen LogP contribution >= 0.6 is 0 Å². The van der Waals surface area contributed by atoms with E-state index < -0.39 is 17.2 Å². The van der Waals surface area contributed by atoms with Crippen molar-refractivity contribution in [3.8, 4) is 11.3 Å². The van der Waals surface area contributed by atoms with Crippen LogP contribution in [0.5, 0.6) is 0 Å². The van der Waals surface area contributed by atoms with Gasteiger partial charge in [0.15, 0.2) is 0 Å². The number of piperidine rings is 1. The quantitative estimate of drug-likeness (QED) is 0.559. The fourth-order valence-electron chi connectivity index (χ4n) is 3.80. The fourth-order valence-corrected chi connectivity index (χ4v) is 3.80. The van der Waals surface area contributed by atoms with E-state index in [4.69, 9.17) is 4.74 Å². The van der Waals surface area contributed by atoms with E-state index in [1.54, 1.807) is 23.2 Å². The predicted molar refractivity (Wildman–Crippen MR) is 121 cm³/mol. The van der Waals surface area contributed by atoms with Gasteiger partial charge in [-0.3, -0.25) is 9.67 Å². The maximum Gasteiger partial charge on any atom is 0.410 e. The van der Waals surface area contributed by atoms with Crippen molar-refractivity contribution in [3.63, 3.8) is 0 Å². The number of rotatable bonds is 4. The van der Waals surface area contributed by atoms with Crippen molar-refractivity contribution >= 4 is 17.5 Å². The van der Waals surface area contributed by atoms with Crippen LogP contribution in [-0.4, -0.2) is 44.4 Å². The third-order valence-corrected chi connectivity index (χ3v) is 5.36. The number of benzene rings is 1. The number of hydrogen-bond donors (Lipinski definition) is 1. The van der Waals surface area contributed by atoms with Crippen LogP contribution in [0.4, 0.5) is 25.0 Å². The van der Waals surface area contributed by atoms with Crippen molar-refractivity contribution in [1.82, 2.24) is 19.7 Å². The van der Waals surface area contributed by atoms with Gasteiger partial charge in [-0.2, -0.15) is 5.10 Å². The standard InChI is InChI=1S/C24H27F2N5O2/c1-24(2,3)33-23(32)30-11-8-18(9-12-30)31-15-17(14-28-31)29-16-7-10-27-21(13-16)22-19(25)5-4-6-20(22)26/h4-7,10,13-15,18H,8-9,11-12H2,1-3H3,(H,27,29). The van der Waals surface area contributed by atoms with Gasteiger partial charge >= 0.3 is 6.09 Å². The molecule has 1 aromatic carbocycles. The lowest BCUT2D eigenvalue weighted by atomic mass is 10.1. The van der Waals surface area contributed by atoms with Crippen LogP contribution in [0.3, 0.4) is 0 Å². The molecule has 1 aliphatic heterocycles. The average molecular weight is 456 g/mol. The molecule has 174 valence electrons. The average Bonchev–Trinajstić information content (AvgIpc) is 3.21. The summed E-state index contributed by atoms with van der Waals surface area (Å²) < 4.78 is 35.6. The molecule has 0 atom stereocenters. The number of carbonyl (C=O) groups is 1. The third-order valence-electron chi connectivity index (χ3n) is 5.36. The summed E-state index contributed by atoms with van der Waals surface area (Å²) in [5, 5.41) is 7.67. The number of likely N-dealkylation sites (tertiary alicyclic amines) is 1. The third kappa shape index (κ3) is 5.47. The zero-order valence-electron chi connectivity index (χ0n) is 18.9. The zero-order valence-corrected chi connectivity index (χ0v) is 18.9. The Morgan fingerprint density at radius 3 is 2.48 bits per heavy atom. The number of halogens is 2. The van der Waals surface area contributed by atoms with Gasteiger partial charge in [0.2, 0.25) is 0 Å². The number of pyridine rings is 1. The van der Waals surface area contributed by atoms with Gasteiger partial charge in [-0.15, -0.1) is 0 Å². The van der Waals surface area contributed by atoms with Crippen LogP contribution in [0.1, 0.15) is 39.7 Å². The van der Waals surface area contributed by atoms with Crippen LogP contribution in [0.15, 0.2) is 48.9 Å². The van der Waals surface area contributed by atoms with E-state index >= 15 is 0 Å². The molecule has 0 saturated carbocycles. The van der Waals surface area contributed by atoms with Gasteiger partial charge in [0, 0.05) is 31.2 Å². The number of anilines is 2. The minimum Gasteiger partial charge on any atom is -0.444 e. The first-order valence-electron chi connectivity index (χ1n) is 10.9. The Bertz CT molecular complexity index is 1110. The van der Waals surface area contributed by atoms with Gasteiger partial charge in [0.05, 0.1) is 29.2 Å². The molecule has 1 N–H and O–H groups in total. The van der Waals surface area contributed by atoms with Gasteiger partial charge in [-0.25, -0.2) is 13.6 Å². The molecular formula is C24H27F2N5O2. The smallest absolute Gasteiger partial charge is 0.410 e. The largest absolute Gasteiger partial charge is 0.444 e. The second kappa shape index (κ2) is 9.17. The summed E-state index contributed by atoms with van der Waals surface area (Å²) in [6, 6.07) is 7.22. The lowest BCUT2D eigenvalue weighted by molar-refractivity contribution is 0.0185. The molecule has 0 unspecified atom stereocenters. The molecular weight excluding hydrogens is 428 g/mol. The van der Waals surface area contributed by atoms with Crippen molar-refractivity contribution in [3.05, 3.63) is 60.6 Å². The fraction of sp³-hybridized carbons (Fsp3) is 0.375. The van der Waals surface area contributed by atoms with E-state index in [9.17, 15) is 13.6 Å². The van der Waals surface area contributed by atoms with Crippen molar-refractivity contribution in [2.75, 3.05) is 18.4 Å². The maximum atomic E-state index is 14.1. The van der Waals surface area contributed by atoms with E-state index in [2.05, 4.69) is 15.4 Å². The van der Waals surface area contributed by atoms with E-state index in [1.165, 1.54) is 24.4 Å². The molecule has 7 nitrogen and oxygen atoms in total. The normalized spacial score (nSPS) is 14.9.